The van der Waals surface area contributed by atoms with Crippen LogP contribution in [0.15, 0.2) is 0 Å². The summed E-state index contributed by atoms with van der Waals surface area (Å²) in [6.45, 7) is 5.52. The van der Waals surface area contributed by atoms with Crippen molar-refractivity contribution in [1.82, 2.24) is 0 Å². The van der Waals surface area contributed by atoms with Gasteiger partial charge < -0.3 is 9.47 Å². The van der Waals surface area contributed by atoms with E-state index in [9.17, 15) is 14.4 Å². The second-order valence-corrected chi connectivity index (χ2v) is 3.53. The minimum atomic E-state index is -1.02. The molecule has 0 aromatic heterocycles. The van der Waals surface area contributed by atoms with Crippen molar-refractivity contribution in [3.8, 4) is 0 Å². The normalized spacial score (nSPS) is 11.7. The lowest BCUT2D eigenvalue weighted by atomic mass is 9.97. The molecule has 0 amide bonds. The standard InChI is InChI=1S/C12H20O5/c1-4-7-8-9(11(14)16-5-2)10(13)12(15)17-6-3/h9H,4-8H2,1-3H3/t9-/m1/s1. The average Bonchev–Trinajstić information content (AvgIpc) is 2.30. The van der Waals surface area contributed by atoms with Gasteiger partial charge in [0.1, 0.15) is 5.92 Å². The van der Waals surface area contributed by atoms with Gasteiger partial charge in [0.15, 0.2) is 0 Å². The topological polar surface area (TPSA) is 69.7 Å². The lowest BCUT2D eigenvalue weighted by Crippen LogP contribution is -2.33. The molecular weight excluding hydrogens is 224 g/mol. The second-order valence-electron chi connectivity index (χ2n) is 3.53. The summed E-state index contributed by atoms with van der Waals surface area (Å²) in [4.78, 5) is 34.5. The Kier molecular flexibility index (Phi) is 8.01. The minimum Gasteiger partial charge on any atom is -0.465 e. The molecule has 0 aromatic carbocycles. The number of ketones is 1. The Balaban J connectivity index is 4.60. The van der Waals surface area contributed by atoms with Crippen LogP contribution < -0.4 is 0 Å². The van der Waals surface area contributed by atoms with Crippen molar-refractivity contribution in [2.75, 3.05) is 13.2 Å². The highest BCUT2D eigenvalue weighted by atomic mass is 16.5. The molecule has 1 atom stereocenters. The first-order chi connectivity index (χ1) is 8.08. The van der Waals surface area contributed by atoms with Crippen LogP contribution in [0.2, 0.25) is 0 Å². The van der Waals surface area contributed by atoms with E-state index in [1.807, 2.05) is 6.92 Å². The quantitative estimate of drug-likeness (QED) is 0.367. The molecule has 0 spiro atoms. The smallest absolute Gasteiger partial charge is 0.375 e. The van der Waals surface area contributed by atoms with Gasteiger partial charge in [-0.25, -0.2) is 4.79 Å². The monoisotopic (exact) mass is 244 g/mol. The molecule has 0 rings (SSSR count). The Morgan fingerprint density at radius 3 is 2.06 bits per heavy atom. The van der Waals surface area contributed by atoms with E-state index in [0.29, 0.717) is 12.8 Å². The highest BCUT2D eigenvalue weighted by Gasteiger charge is 2.33. The first-order valence-electron chi connectivity index (χ1n) is 5.95. The van der Waals surface area contributed by atoms with Gasteiger partial charge in [-0.3, -0.25) is 9.59 Å². The predicted octanol–water partition coefficient (Wildman–Crippen LogP) is 1.49. The predicted molar refractivity (Wildman–Crippen MR) is 61.3 cm³/mol. The Morgan fingerprint density at radius 1 is 1.00 bits per heavy atom. The molecule has 0 aliphatic heterocycles. The summed E-state index contributed by atoms with van der Waals surface area (Å²) in [5.41, 5.74) is 0. The van der Waals surface area contributed by atoms with Gasteiger partial charge in [-0.1, -0.05) is 19.8 Å². The third kappa shape index (κ3) is 5.47. The maximum Gasteiger partial charge on any atom is 0.375 e. The highest BCUT2D eigenvalue weighted by Crippen LogP contribution is 2.13. The van der Waals surface area contributed by atoms with Gasteiger partial charge in [0.25, 0.3) is 5.78 Å². The lowest BCUT2D eigenvalue weighted by Gasteiger charge is -2.12. The zero-order valence-electron chi connectivity index (χ0n) is 10.7. The summed E-state index contributed by atoms with van der Waals surface area (Å²) in [5, 5.41) is 0. The van der Waals surface area contributed by atoms with Crippen LogP contribution in [0.1, 0.15) is 40.0 Å². The maximum absolute atomic E-state index is 11.7. The fourth-order valence-electron chi connectivity index (χ4n) is 1.35. The molecule has 0 aliphatic carbocycles. The van der Waals surface area contributed by atoms with Crippen LogP contribution in [0.3, 0.4) is 0 Å². The fraction of sp³-hybridized carbons (Fsp3) is 0.750. The molecule has 0 aromatic rings. The summed E-state index contributed by atoms with van der Waals surface area (Å²) < 4.78 is 9.38. The van der Waals surface area contributed by atoms with Gasteiger partial charge in [0.05, 0.1) is 13.2 Å². The maximum atomic E-state index is 11.7. The van der Waals surface area contributed by atoms with Gasteiger partial charge in [0, 0.05) is 0 Å². The van der Waals surface area contributed by atoms with Gasteiger partial charge in [-0.2, -0.15) is 0 Å². The van der Waals surface area contributed by atoms with Crippen LogP contribution in [0.4, 0.5) is 0 Å². The van der Waals surface area contributed by atoms with Crippen LogP contribution in [0.5, 0.6) is 0 Å². The number of hydrogen-bond donors (Lipinski definition) is 0. The molecule has 5 heteroatoms. The van der Waals surface area contributed by atoms with Gasteiger partial charge in [-0.15, -0.1) is 0 Å². The molecule has 0 fully saturated rings. The molecule has 0 radical (unpaired) electrons. The van der Waals surface area contributed by atoms with Gasteiger partial charge in [-0.05, 0) is 20.3 Å². The second kappa shape index (κ2) is 8.73. The van der Waals surface area contributed by atoms with Crippen molar-refractivity contribution in [2.24, 2.45) is 5.92 Å². The number of hydrogen-bond acceptors (Lipinski definition) is 5. The number of esters is 2. The summed E-state index contributed by atoms with van der Waals surface area (Å²) >= 11 is 0. The molecule has 0 N–H and O–H groups in total. The van der Waals surface area contributed by atoms with Crippen LogP contribution in [-0.4, -0.2) is 30.9 Å². The zero-order valence-corrected chi connectivity index (χ0v) is 10.7. The van der Waals surface area contributed by atoms with E-state index in [4.69, 9.17) is 4.74 Å². The van der Waals surface area contributed by atoms with E-state index in [1.165, 1.54) is 0 Å². The Morgan fingerprint density at radius 2 is 1.59 bits per heavy atom. The number of unbranched alkanes of at least 4 members (excludes halogenated alkanes) is 1. The largest absolute Gasteiger partial charge is 0.465 e. The fourth-order valence-corrected chi connectivity index (χ4v) is 1.35. The molecule has 98 valence electrons. The van der Waals surface area contributed by atoms with E-state index in [1.54, 1.807) is 13.8 Å². The molecular formula is C12H20O5. The number of carbonyl (C=O) groups is 3. The lowest BCUT2D eigenvalue weighted by molar-refractivity contribution is -0.162. The zero-order chi connectivity index (χ0) is 13.3. The van der Waals surface area contributed by atoms with Crippen molar-refractivity contribution in [2.45, 2.75) is 40.0 Å². The van der Waals surface area contributed by atoms with E-state index >= 15 is 0 Å². The van der Waals surface area contributed by atoms with E-state index in [2.05, 4.69) is 4.74 Å². The van der Waals surface area contributed by atoms with Crippen LogP contribution in [0.25, 0.3) is 0 Å². The van der Waals surface area contributed by atoms with E-state index in [-0.39, 0.29) is 13.2 Å². The summed E-state index contributed by atoms with van der Waals surface area (Å²) in [6, 6.07) is 0. The minimum absolute atomic E-state index is 0.119. The highest BCUT2D eigenvalue weighted by molar-refractivity contribution is 6.37. The first-order valence-corrected chi connectivity index (χ1v) is 5.95. The molecule has 0 heterocycles. The Hall–Kier alpha value is -1.39. The van der Waals surface area contributed by atoms with E-state index < -0.39 is 23.6 Å². The summed E-state index contributed by atoms with van der Waals surface area (Å²) in [5.74, 6) is -3.42. The molecule has 0 saturated carbocycles. The van der Waals surface area contributed by atoms with Crippen molar-refractivity contribution < 1.29 is 23.9 Å². The third-order valence-electron chi connectivity index (χ3n) is 2.21. The van der Waals surface area contributed by atoms with Crippen LogP contribution >= 0.6 is 0 Å². The Bertz CT molecular complexity index is 272. The molecule has 0 unspecified atom stereocenters. The van der Waals surface area contributed by atoms with Crippen LogP contribution in [0, 0.1) is 5.92 Å². The van der Waals surface area contributed by atoms with Crippen molar-refractivity contribution >= 4 is 17.7 Å². The van der Waals surface area contributed by atoms with Crippen molar-refractivity contribution in [1.29, 1.82) is 0 Å². The Labute approximate surface area is 101 Å². The van der Waals surface area contributed by atoms with Crippen LogP contribution in [-0.2, 0) is 23.9 Å². The van der Waals surface area contributed by atoms with Gasteiger partial charge >= 0.3 is 11.9 Å². The molecule has 0 bridgehead atoms. The number of Topliss-reactive ketones (excluding diaryl/α,β-unsaturated/α-hetero) is 1. The molecule has 5 nitrogen and oxygen atoms in total. The average molecular weight is 244 g/mol. The van der Waals surface area contributed by atoms with Crippen molar-refractivity contribution in [3.05, 3.63) is 0 Å². The summed E-state index contributed by atoms with van der Waals surface area (Å²) in [6.07, 6.45) is 1.85. The molecule has 0 aliphatic rings. The van der Waals surface area contributed by atoms with E-state index in [0.717, 1.165) is 6.42 Å². The summed E-state index contributed by atoms with van der Waals surface area (Å²) in [7, 11) is 0. The molecule has 0 saturated heterocycles. The van der Waals surface area contributed by atoms with Crippen molar-refractivity contribution in [3.63, 3.8) is 0 Å². The number of ether oxygens (including phenoxy) is 2. The SMILES string of the molecule is CCCC[C@@H](C(=O)OCC)C(=O)C(=O)OCC. The number of carbonyl (C=O) groups excluding carboxylic acids is 3. The number of rotatable bonds is 8. The first kappa shape index (κ1) is 15.6. The third-order valence-corrected chi connectivity index (χ3v) is 2.21. The molecule has 17 heavy (non-hydrogen) atoms. The van der Waals surface area contributed by atoms with Gasteiger partial charge in [0.2, 0.25) is 0 Å².